The number of aromatic nitrogens is 2. The number of aliphatic imine (C=N–C) groups is 1. The Morgan fingerprint density at radius 3 is 2.79 bits per heavy atom. The van der Waals surface area contributed by atoms with Crippen LogP contribution in [0.2, 0.25) is 5.15 Å². The average Bonchev–Trinajstić information content (AvgIpc) is 2.13. The van der Waals surface area contributed by atoms with Crippen LogP contribution in [0, 0.1) is 0 Å². The summed E-state index contributed by atoms with van der Waals surface area (Å²) in [5.41, 5.74) is 7.68. The lowest BCUT2D eigenvalue weighted by Gasteiger charge is -2.02. The van der Waals surface area contributed by atoms with Gasteiger partial charge < -0.3 is 5.73 Å². The number of hydrogen-bond acceptors (Lipinski definition) is 4. The van der Waals surface area contributed by atoms with Gasteiger partial charge in [0.2, 0.25) is 0 Å². The molecule has 0 aliphatic heterocycles. The standard InChI is InChI=1S/C9H11ClN4/c1-6(11)7(3-12-2)8-4-13-5-9(10)14-8/h3-5H,11H2,1-2H3. The largest absolute Gasteiger partial charge is 0.402 e. The lowest BCUT2D eigenvalue weighted by Crippen LogP contribution is -2.01. The summed E-state index contributed by atoms with van der Waals surface area (Å²) < 4.78 is 0. The Labute approximate surface area is 87.5 Å². The molecule has 14 heavy (non-hydrogen) atoms. The Morgan fingerprint density at radius 1 is 1.57 bits per heavy atom. The fraction of sp³-hybridized carbons (Fsp3) is 0.222. The summed E-state index contributed by atoms with van der Waals surface area (Å²) in [6, 6.07) is 0. The zero-order chi connectivity index (χ0) is 10.6. The fourth-order valence-electron chi connectivity index (χ4n) is 0.971. The van der Waals surface area contributed by atoms with Gasteiger partial charge in [-0.3, -0.25) is 9.98 Å². The number of halogens is 1. The molecular formula is C9H11ClN4. The molecule has 0 spiro atoms. The number of hydrogen-bond donors (Lipinski definition) is 1. The number of nitrogens with two attached hydrogens (primary N) is 1. The summed E-state index contributed by atoms with van der Waals surface area (Å²) in [5, 5.41) is 0.339. The van der Waals surface area contributed by atoms with Crippen LogP contribution >= 0.6 is 11.6 Å². The van der Waals surface area contributed by atoms with Crippen molar-refractivity contribution >= 4 is 23.4 Å². The van der Waals surface area contributed by atoms with Crippen molar-refractivity contribution in [1.82, 2.24) is 9.97 Å². The van der Waals surface area contributed by atoms with Gasteiger partial charge >= 0.3 is 0 Å². The van der Waals surface area contributed by atoms with Crippen LogP contribution in [0.25, 0.3) is 5.57 Å². The van der Waals surface area contributed by atoms with E-state index in [1.54, 1.807) is 26.4 Å². The second-order valence-electron chi connectivity index (χ2n) is 2.71. The molecule has 1 heterocycles. The van der Waals surface area contributed by atoms with E-state index in [2.05, 4.69) is 15.0 Å². The highest BCUT2D eigenvalue weighted by molar-refractivity contribution is 6.29. The smallest absolute Gasteiger partial charge is 0.148 e. The van der Waals surface area contributed by atoms with Gasteiger partial charge in [-0.25, -0.2) is 4.98 Å². The van der Waals surface area contributed by atoms with Gasteiger partial charge in [0, 0.05) is 24.5 Å². The Morgan fingerprint density at radius 2 is 2.29 bits per heavy atom. The van der Waals surface area contributed by atoms with E-state index < -0.39 is 0 Å². The zero-order valence-corrected chi connectivity index (χ0v) is 8.78. The van der Waals surface area contributed by atoms with Crippen molar-refractivity contribution in [3.8, 4) is 0 Å². The minimum Gasteiger partial charge on any atom is -0.402 e. The molecule has 4 nitrogen and oxygen atoms in total. The van der Waals surface area contributed by atoms with Gasteiger partial charge in [-0.2, -0.15) is 0 Å². The zero-order valence-electron chi connectivity index (χ0n) is 8.03. The summed E-state index contributed by atoms with van der Waals surface area (Å²) in [6.45, 7) is 1.78. The number of rotatable bonds is 2. The average molecular weight is 211 g/mol. The van der Waals surface area contributed by atoms with Crippen molar-refractivity contribution in [3.05, 3.63) is 28.9 Å². The predicted molar refractivity (Wildman–Crippen MR) is 58.2 cm³/mol. The lowest BCUT2D eigenvalue weighted by molar-refractivity contribution is 1.16. The Hall–Kier alpha value is -1.42. The molecule has 1 aromatic heterocycles. The molecule has 5 heteroatoms. The first-order chi connectivity index (χ1) is 6.65. The Balaban J connectivity index is 3.20. The summed E-state index contributed by atoms with van der Waals surface area (Å²) in [6.07, 6.45) is 4.70. The van der Waals surface area contributed by atoms with E-state index in [0.29, 0.717) is 16.5 Å². The van der Waals surface area contributed by atoms with Crippen molar-refractivity contribution in [2.24, 2.45) is 10.7 Å². The molecule has 74 valence electrons. The van der Waals surface area contributed by atoms with E-state index >= 15 is 0 Å². The van der Waals surface area contributed by atoms with Gasteiger partial charge in [0.1, 0.15) is 5.15 Å². The normalized spacial score (nSPS) is 13.1. The van der Waals surface area contributed by atoms with E-state index in [4.69, 9.17) is 17.3 Å². The van der Waals surface area contributed by atoms with E-state index in [0.717, 1.165) is 5.57 Å². The molecular weight excluding hydrogens is 200 g/mol. The first-order valence-electron chi connectivity index (χ1n) is 4.01. The monoisotopic (exact) mass is 210 g/mol. The first-order valence-corrected chi connectivity index (χ1v) is 4.39. The molecule has 2 N–H and O–H groups in total. The molecule has 0 fully saturated rings. The van der Waals surface area contributed by atoms with Crippen molar-refractivity contribution in [1.29, 1.82) is 0 Å². The van der Waals surface area contributed by atoms with Crippen molar-refractivity contribution in [2.75, 3.05) is 7.05 Å². The highest BCUT2D eigenvalue weighted by Gasteiger charge is 2.04. The van der Waals surface area contributed by atoms with Crippen LogP contribution in [0.4, 0.5) is 0 Å². The predicted octanol–water partition coefficient (Wildman–Crippen LogP) is 1.52. The van der Waals surface area contributed by atoms with Gasteiger partial charge in [0.15, 0.2) is 0 Å². The molecule has 1 aromatic rings. The maximum atomic E-state index is 5.71. The molecule has 0 aliphatic rings. The third-order valence-corrected chi connectivity index (χ3v) is 1.75. The molecule has 0 saturated heterocycles. The first kappa shape index (κ1) is 10.7. The fourth-order valence-corrected chi connectivity index (χ4v) is 1.12. The molecule has 0 bridgehead atoms. The molecule has 0 saturated carbocycles. The second kappa shape index (κ2) is 4.72. The molecule has 0 aliphatic carbocycles. The van der Waals surface area contributed by atoms with Gasteiger partial charge in [0.05, 0.1) is 18.1 Å². The minimum absolute atomic E-state index is 0.339. The van der Waals surface area contributed by atoms with Gasteiger partial charge in [-0.1, -0.05) is 11.6 Å². The van der Waals surface area contributed by atoms with Gasteiger partial charge in [0.25, 0.3) is 0 Å². The SMILES string of the molecule is CN=CC(=C(C)N)c1cncc(Cl)n1. The van der Waals surface area contributed by atoms with Crippen molar-refractivity contribution in [3.63, 3.8) is 0 Å². The highest BCUT2D eigenvalue weighted by Crippen LogP contribution is 2.13. The topological polar surface area (TPSA) is 64.2 Å². The molecule has 0 atom stereocenters. The van der Waals surface area contributed by atoms with Crippen LogP contribution in [-0.4, -0.2) is 23.2 Å². The third kappa shape index (κ3) is 2.53. The van der Waals surface area contributed by atoms with Crippen LogP contribution in [0.3, 0.4) is 0 Å². The van der Waals surface area contributed by atoms with E-state index in [9.17, 15) is 0 Å². The summed E-state index contributed by atoms with van der Waals surface area (Å²) in [5.74, 6) is 0. The van der Waals surface area contributed by atoms with Crippen LogP contribution < -0.4 is 5.73 Å². The minimum atomic E-state index is 0.339. The molecule has 1 rings (SSSR count). The number of nitrogens with zero attached hydrogens (tertiary/aromatic N) is 3. The van der Waals surface area contributed by atoms with Gasteiger partial charge in [-0.15, -0.1) is 0 Å². The van der Waals surface area contributed by atoms with E-state index in [-0.39, 0.29) is 0 Å². The third-order valence-electron chi connectivity index (χ3n) is 1.56. The maximum absolute atomic E-state index is 5.71. The van der Waals surface area contributed by atoms with E-state index in [1.165, 1.54) is 6.20 Å². The Kier molecular flexibility index (Phi) is 3.59. The Bertz CT molecular complexity index is 380. The molecule has 0 unspecified atom stereocenters. The molecule has 0 radical (unpaired) electrons. The highest BCUT2D eigenvalue weighted by atomic mass is 35.5. The number of allylic oxidation sites excluding steroid dienone is 2. The molecule has 0 aromatic carbocycles. The summed E-state index contributed by atoms with van der Waals surface area (Å²) in [4.78, 5) is 11.9. The van der Waals surface area contributed by atoms with E-state index in [1.807, 2.05) is 0 Å². The molecule has 0 amide bonds. The van der Waals surface area contributed by atoms with Crippen molar-refractivity contribution in [2.45, 2.75) is 6.92 Å². The summed E-state index contributed by atoms with van der Waals surface area (Å²) in [7, 11) is 1.67. The van der Waals surface area contributed by atoms with Crippen LogP contribution in [-0.2, 0) is 0 Å². The van der Waals surface area contributed by atoms with Crippen LogP contribution in [0.15, 0.2) is 23.1 Å². The van der Waals surface area contributed by atoms with Gasteiger partial charge in [-0.05, 0) is 6.92 Å². The van der Waals surface area contributed by atoms with Crippen LogP contribution in [0.1, 0.15) is 12.6 Å². The lowest BCUT2D eigenvalue weighted by atomic mass is 10.2. The quantitative estimate of drug-likeness (QED) is 0.753. The maximum Gasteiger partial charge on any atom is 0.148 e. The summed E-state index contributed by atoms with van der Waals surface area (Å²) >= 11 is 5.71. The van der Waals surface area contributed by atoms with Crippen molar-refractivity contribution < 1.29 is 0 Å². The van der Waals surface area contributed by atoms with Crippen LogP contribution in [0.5, 0.6) is 0 Å². The second-order valence-corrected chi connectivity index (χ2v) is 3.10.